The molecule has 0 aliphatic carbocycles. The number of nitro groups is 1. The average Bonchev–Trinajstić information content (AvgIpc) is 2.47. The van der Waals surface area contributed by atoms with Crippen LogP contribution in [0.5, 0.6) is 0 Å². The first-order valence-corrected chi connectivity index (χ1v) is 8.61. The highest BCUT2D eigenvalue weighted by Crippen LogP contribution is 2.27. The molecule has 0 heterocycles. The summed E-state index contributed by atoms with van der Waals surface area (Å²) < 4.78 is 26.6. The molecule has 0 saturated heterocycles. The minimum absolute atomic E-state index is 0.0840. The summed E-state index contributed by atoms with van der Waals surface area (Å²) in [4.78, 5) is 21.9. The first-order valence-electron chi connectivity index (χ1n) is 7.17. The van der Waals surface area contributed by atoms with Gasteiger partial charge in [-0.15, -0.1) is 0 Å². The summed E-state index contributed by atoms with van der Waals surface area (Å²) >= 11 is 0. The van der Waals surface area contributed by atoms with Gasteiger partial charge in [-0.2, -0.15) is 4.31 Å². The minimum atomic E-state index is -4.01. The fraction of sp³-hybridized carbons (Fsp3) is 0.500. The van der Waals surface area contributed by atoms with Crippen molar-refractivity contribution in [2.24, 2.45) is 0 Å². The zero-order valence-corrected chi connectivity index (χ0v) is 14.4. The van der Waals surface area contributed by atoms with E-state index in [0.717, 1.165) is 10.4 Å². The predicted octanol–water partition coefficient (Wildman–Crippen LogP) is 1.36. The molecule has 0 atom stereocenters. The SMILES string of the molecule is CCNC(=O)CN(CC)S(=O)(=O)c1cc([N+](=O)[O-])cc(C)c1C. The normalized spacial score (nSPS) is 11.5. The van der Waals surface area contributed by atoms with E-state index in [4.69, 9.17) is 0 Å². The maximum Gasteiger partial charge on any atom is 0.271 e. The Balaban J connectivity index is 3.35. The van der Waals surface area contributed by atoms with Gasteiger partial charge >= 0.3 is 0 Å². The van der Waals surface area contributed by atoms with E-state index in [9.17, 15) is 23.3 Å². The highest BCUT2D eigenvalue weighted by Gasteiger charge is 2.29. The van der Waals surface area contributed by atoms with Gasteiger partial charge in [0, 0.05) is 25.2 Å². The summed E-state index contributed by atoms with van der Waals surface area (Å²) in [5, 5.41) is 13.5. The minimum Gasteiger partial charge on any atom is -0.355 e. The summed E-state index contributed by atoms with van der Waals surface area (Å²) in [6.45, 7) is 6.69. The Bertz CT molecular complexity index is 715. The van der Waals surface area contributed by atoms with Crippen molar-refractivity contribution in [2.45, 2.75) is 32.6 Å². The van der Waals surface area contributed by atoms with Gasteiger partial charge in [-0.25, -0.2) is 8.42 Å². The van der Waals surface area contributed by atoms with Gasteiger partial charge < -0.3 is 5.32 Å². The molecule has 1 aromatic rings. The number of carbonyl (C=O) groups is 1. The number of hydrogen-bond donors (Lipinski definition) is 1. The predicted molar refractivity (Wildman–Crippen MR) is 85.7 cm³/mol. The molecule has 1 aromatic carbocycles. The molecule has 23 heavy (non-hydrogen) atoms. The number of amides is 1. The number of nitrogens with zero attached hydrogens (tertiary/aromatic N) is 2. The maximum atomic E-state index is 12.8. The lowest BCUT2D eigenvalue weighted by atomic mass is 10.1. The molecule has 0 aliphatic heterocycles. The van der Waals surface area contributed by atoms with Crippen LogP contribution in [0, 0.1) is 24.0 Å². The fourth-order valence-electron chi connectivity index (χ4n) is 2.10. The third-order valence-electron chi connectivity index (χ3n) is 3.48. The molecule has 0 radical (unpaired) electrons. The molecule has 1 N–H and O–H groups in total. The first kappa shape index (κ1) is 19.0. The van der Waals surface area contributed by atoms with Crippen LogP contribution >= 0.6 is 0 Å². The number of hydrogen-bond acceptors (Lipinski definition) is 5. The highest BCUT2D eigenvalue weighted by atomic mass is 32.2. The van der Waals surface area contributed by atoms with Gasteiger partial charge in [0.05, 0.1) is 16.4 Å². The Morgan fingerprint density at radius 3 is 2.39 bits per heavy atom. The van der Waals surface area contributed by atoms with Gasteiger partial charge in [-0.05, 0) is 31.9 Å². The Labute approximate surface area is 135 Å². The molecular weight excluding hydrogens is 322 g/mol. The number of aryl methyl sites for hydroxylation is 1. The topological polar surface area (TPSA) is 110 Å². The van der Waals surface area contributed by atoms with Crippen LogP contribution in [-0.2, 0) is 14.8 Å². The number of nitro benzene ring substituents is 1. The second-order valence-corrected chi connectivity index (χ2v) is 6.93. The first-order chi connectivity index (χ1) is 10.6. The molecule has 0 bridgehead atoms. The Hall–Kier alpha value is -2.00. The van der Waals surface area contributed by atoms with E-state index < -0.39 is 20.9 Å². The third kappa shape index (κ3) is 4.26. The molecule has 0 saturated carbocycles. The van der Waals surface area contributed by atoms with E-state index in [1.54, 1.807) is 27.7 Å². The summed E-state index contributed by atoms with van der Waals surface area (Å²) in [6.07, 6.45) is 0. The van der Waals surface area contributed by atoms with E-state index >= 15 is 0 Å². The number of carbonyl (C=O) groups excluding carboxylic acids is 1. The summed E-state index contributed by atoms with van der Waals surface area (Å²) in [5.74, 6) is -0.419. The van der Waals surface area contributed by atoms with Gasteiger partial charge in [0.2, 0.25) is 15.9 Å². The monoisotopic (exact) mass is 343 g/mol. The van der Waals surface area contributed by atoms with Crippen molar-refractivity contribution in [2.75, 3.05) is 19.6 Å². The number of rotatable bonds is 7. The third-order valence-corrected chi connectivity index (χ3v) is 5.53. The van der Waals surface area contributed by atoms with Crippen LogP contribution in [0.4, 0.5) is 5.69 Å². The molecule has 8 nitrogen and oxygen atoms in total. The molecule has 128 valence electrons. The number of non-ortho nitro benzene ring substituents is 1. The molecule has 0 spiro atoms. The lowest BCUT2D eigenvalue weighted by Gasteiger charge is -2.21. The molecule has 0 aliphatic rings. The van der Waals surface area contributed by atoms with Crippen LogP contribution in [-0.4, -0.2) is 43.2 Å². The summed E-state index contributed by atoms with van der Waals surface area (Å²) in [5.41, 5.74) is 0.650. The van der Waals surface area contributed by atoms with Crippen LogP contribution in [0.1, 0.15) is 25.0 Å². The van der Waals surface area contributed by atoms with Gasteiger partial charge in [0.25, 0.3) is 5.69 Å². The molecule has 1 amide bonds. The molecule has 9 heteroatoms. The number of benzene rings is 1. The van der Waals surface area contributed by atoms with Crippen LogP contribution < -0.4 is 5.32 Å². The van der Waals surface area contributed by atoms with Crippen LogP contribution in [0.3, 0.4) is 0 Å². The van der Waals surface area contributed by atoms with Crippen molar-refractivity contribution >= 4 is 21.6 Å². The van der Waals surface area contributed by atoms with Gasteiger partial charge in [-0.1, -0.05) is 6.92 Å². The van der Waals surface area contributed by atoms with Crippen molar-refractivity contribution in [3.8, 4) is 0 Å². The molecule has 0 fully saturated rings. The molecule has 0 unspecified atom stereocenters. The van der Waals surface area contributed by atoms with Gasteiger partial charge in [0.1, 0.15) is 0 Å². The van der Waals surface area contributed by atoms with Crippen LogP contribution in [0.2, 0.25) is 0 Å². The largest absolute Gasteiger partial charge is 0.355 e. The summed E-state index contributed by atoms with van der Waals surface area (Å²) in [7, 11) is -4.01. The Morgan fingerprint density at radius 2 is 1.91 bits per heavy atom. The Kier molecular flexibility index (Phi) is 6.22. The zero-order chi connectivity index (χ0) is 17.8. The Morgan fingerprint density at radius 1 is 1.30 bits per heavy atom. The summed E-state index contributed by atoms with van der Waals surface area (Å²) in [6, 6.07) is 2.37. The standard InChI is InChI=1S/C14H21N3O5S/c1-5-15-14(18)9-16(6-2)23(21,22)13-8-12(17(19)20)7-10(3)11(13)4/h7-8H,5-6,9H2,1-4H3,(H,15,18). The van der Waals surface area contributed by atoms with Crippen LogP contribution in [0.25, 0.3) is 0 Å². The van der Waals surface area contributed by atoms with Crippen molar-refractivity contribution in [3.05, 3.63) is 33.4 Å². The fourth-order valence-corrected chi connectivity index (χ4v) is 3.82. The van der Waals surface area contributed by atoms with Crippen molar-refractivity contribution in [1.82, 2.24) is 9.62 Å². The second-order valence-electron chi connectivity index (χ2n) is 5.03. The molecule has 1 rings (SSSR count). The van der Waals surface area contributed by atoms with E-state index in [0.29, 0.717) is 17.7 Å². The smallest absolute Gasteiger partial charge is 0.271 e. The van der Waals surface area contributed by atoms with Crippen molar-refractivity contribution in [1.29, 1.82) is 0 Å². The number of likely N-dealkylation sites (N-methyl/N-ethyl adjacent to an activating group) is 2. The van der Waals surface area contributed by atoms with Gasteiger partial charge in [0.15, 0.2) is 0 Å². The molecular formula is C14H21N3O5S. The lowest BCUT2D eigenvalue weighted by Crippen LogP contribution is -2.40. The van der Waals surface area contributed by atoms with E-state index in [2.05, 4.69) is 5.32 Å². The van der Waals surface area contributed by atoms with Crippen molar-refractivity contribution in [3.63, 3.8) is 0 Å². The highest BCUT2D eigenvalue weighted by molar-refractivity contribution is 7.89. The average molecular weight is 343 g/mol. The lowest BCUT2D eigenvalue weighted by molar-refractivity contribution is -0.385. The van der Waals surface area contributed by atoms with Gasteiger partial charge in [-0.3, -0.25) is 14.9 Å². The maximum absolute atomic E-state index is 12.8. The van der Waals surface area contributed by atoms with Crippen LogP contribution in [0.15, 0.2) is 17.0 Å². The number of sulfonamides is 1. The molecule has 0 aromatic heterocycles. The zero-order valence-electron chi connectivity index (χ0n) is 13.6. The quantitative estimate of drug-likeness (QED) is 0.594. The van der Waals surface area contributed by atoms with E-state index in [1.807, 2.05) is 0 Å². The number of nitrogens with one attached hydrogen (secondary N) is 1. The second kappa shape index (κ2) is 7.51. The van der Waals surface area contributed by atoms with E-state index in [1.165, 1.54) is 6.07 Å². The van der Waals surface area contributed by atoms with Crippen molar-refractivity contribution < 1.29 is 18.1 Å². The van der Waals surface area contributed by atoms with E-state index in [-0.39, 0.29) is 23.7 Å².